The van der Waals surface area contributed by atoms with Crippen LogP contribution < -0.4 is 0 Å². The lowest BCUT2D eigenvalue weighted by atomic mass is 9.89. The summed E-state index contributed by atoms with van der Waals surface area (Å²) in [6, 6.07) is 71.2. The first-order valence-electron chi connectivity index (χ1n) is 19.2. The summed E-state index contributed by atoms with van der Waals surface area (Å²) < 4.78 is 2.43. The largest absolute Gasteiger partial charge is 0.208 e. The van der Waals surface area contributed by atoms with Gasteiger partial charge in [0.1, 0.15) is 0 Å². The van der Waals surface area contributed by atoms with Gasteiger partial charge in [0, 0.05) is 36.9 Å². The molecule has 0 aliphatic carbocycles. The predicted octanol–water partition coefficient (Wildman–Crippen LogP) is 14.5. The lowest BCUT2D eigenvalue weighted by molar-refractivity contribution is 1.08. The van der Waals surface area contributed by atoms with Crippen molar-refractivity contribution in [3.05, 3.63) is 200 Å². The number of rotatable bonds is 6. The molecule has 2 aromatic heterocycles. The molecule has 0 aliphatic rings. The normalized spacial score (nSPS) is 11.5. The van der Waals surface area contributed by atoms with Gasteiger partial charge in [-0.25, -0.2) is 15.0 Å². The van der Waals surface area contributed by atoms with Crippen LogP contribution in [-0.4, -0.2) is 15.0 Å². The van der Waals surface area contributed by atoms with Gasteiger partial charge in [-0.1, -0.05) is 176 Å². The average molecular weight is 744 g/mol. The lowest BCUT2D eigenvalue weighted by Gasteiger charge is -2.15. The van der Waals surface area contributed by atoms with Crippen molar-refractivity contribution < 1.29 is 0 Å². The zero-order chi connectivity index (χ0) is 37.7. The summed E-state index contributed by atoms with van der Waals surface area (Å²) in [5.41, 5.74) is 10.1. The van der Waals surface area contributed by atoms with Gasteiger partial charge in [-0.2, -0.15) is 0 Å². The standard InChI is InChI=1S/C53H33N3S/c1-3-14-34(15-4-1)40-18-7-8-19-41(40)38-30-31-39-33-47(42-20-9-10-21-43(42)48(39)32-38)35-26-28-37(29-27-35)52-54-51(36-16-5-2-6-17-36)55-53(56-52)46-24-13-23-45-44-22-11-12-25-49(44)57-50(45)46/h1-33H. The van der Waals surface area contributed by atoms with Crippen LogP contribution in [0.2, 0.25) is 0 Å². The van der Waals surface area contributed by atoms with Crippen LogP contribution in [0.25, 0.3) is 109 Å². The number of nitrogens with zero attached hydrogens (tertiary/aromatic N) is 3. The van der Waals surface area contributed by atoms with Crippen molar-refractivity contribution in [3.63, 3.8) is 0 Å². The molecular weight excluding hydrogens is 711 g/mol. The molecular formula is C53H33N3S. The first kappa shape index (κ1) is 33.1. The summed E-state index contributed by atoms with van der Waals surface area (Å²) in [5, 5.41) is 7.37. The molecule has 0 unspecified atom stereocenters. The predicted molar refractivity (Wildman–Crippen MR) is 240 cm³/mol. The Hall–Kier alpha value is -7.27. The molecule has 3 nitrogen and oxygen atoms in total. The van der Waals surface area contributed by atoms with Gasteiger partial charge in [-0.3, -0.25) is 0 Å². The van der Waals surface area contributed by atoms with Crippen LogP contribution in [-0.2, 0) is 0 Å². The highest BCUT2D eigenvalue weighted by Crippen LogP contribution is 2.41. The lowest BCUT2D eigenvalue weighted by Crippen LogP contribution is -2.00. The number of fused-ring (bicyclic) bond motifs is 6. The van der Waals surface area contributed by atoms with Crippen molar-refractivity contribution in [1.29, 1.82) is 0 Å². The highest BCUT2D eigenvalue weighted by Gasteiger charge is 2.17. The molecule has 0 N–H and O–H groups in total. The van der Waals surface area contributed by atoms with Crippen LogP contribution in [0.5, 0.6) is 0 Å². The van der Waals surface area contributed by atoms with E-state index in [1.807, 2.05) is 18.2 Å². The number of thiophene rings is 1. The van der Waals surface area contributed by atoms with Gasteiger partial charge in [0.05, 0.1) is 0 Å². The van der Waals surface area contributed by atoms with Gasteiger partial charge in [-0.05, 0) is 79.2 Å². The molecule has 0 radical (unpaired) electrons. The van der Waals surface area contributed by atoms with Gasteiger partial charge in [0.15, 0.2) is 17.5 Å². The molecule has 0 saturated heterocycles. The maximum atomic E-state index is 5.16. The summed E-state index contributed by atoms with van der Waals surface area (Å²) >= 11 is 1.79. The van der Waals surface area contributed by atoms with E-state index in [-0.39, 0.29) is 0 Å². The van der Waals surface area contributed by atoms with Crippen molar-refractivity contribution >= 4 is 53.1 Å². The van der Waals surface area contributed by atoms with Gasteiger partial charge in [0.2, 0.25) is 0 Å². The fourth-order valence-corrected chi connectivity index (χ4v) is 9.39. The summed E-state index contributed by atoms with van der Waals surface area (Å²) in [6.07, 6.45) is 0. The van der Waals surface area contributed by atoms with Gasteiger partial charge in [0.25, 0.3) is 0 Å². The molecule has 0 aliphatic heterocycles. The minimum absolute atomic E-state index is 0.648. The molecule has 266 valence electrons. The Bertz CT molecular complexity index is 3280. The highest BCUT2D eigenvalue weighted by atomic mass is 32.1. The van der Waals surface area contributed by atoms with Crippen molar-refractivity contribution in [2.45, 2.75) is 0 Å². The highest BCUT2D eigenvalue weighted by molar-refractivity contribution is 7.26. The Morgan fingerprint density at radius 1 is 0.281 bits per heavy atom. The first-order valence-corrected chi connectivity index (χ1v) is 20.0. The second kappa shape index (κ2) is 13.8. The van der Waals surface area contributed by atoms with E-state index in [0.29, 0.717) is 17.5 Å². The Labute approximate surface area is 334 Å². The van der Waals surface area contributed by atoms with E-state index in [0.717, 1.165) is 22.3 Å². The molecule has 2 heterocycles. The third kappa shape index (κ3) is 5.86. The monoisotopic (exact) mass is 743 g/mol. The molecule has 0 amide bonds. The van der Waals surface area contributed by atoms with E-state index in [9.17, 15) is 0 Å². The third-order valence-electron chi connectivity index (χ3n) is 11.0. The smallest absolute Gasteiger partial charge is 0.165 e. The van der Waals surface area contributed by atoms with Crippen molar-refractivity contribution in [2.24, 2.45) is 0 Å². The SMILES string of the molecule is c1ccc(-c2nc(-c3ccc(-c4cc5ccc(-c6ccccc6-c6ccccc6)cc5c5ccccc45)cc3)nc(-c3cccc4c3sc3ccccc34)n2)cc1. The minimum atomic E-state index is 0.648. The topological polar surface area (TPSA) is 38.7 Å². The van der Waals surface area contributed by atoms with E-state index in [4.69, 9.17) is 15.0 Å². The van der Waals surface area contributed by atoms with E-state index < -0.39 is 0 Å². The van der Waals surface area contributed by atoms with Crippen LogP contribution >= 0.6 is 11.3 Å². The number of benzene rings is 9. The molecule has 11 rings (SSSR count). The maximum absolute atomic E-state index is 5.16. The summed E-state index contributed by atoms with van der Waals surface area (Å²) in [6.45, 7) is 0. The van der Waals surface area contributed by atoms with Crippen molar-refractivity contribution in [1.82, 2.24) is 15.0 Å². The maximum Gasteiger partial charge on any atom is 0.165 e. The van der Waals surface area contributed by atoms with Gasteiger partial charge >= 0.3 is 0 Å². The molecule has 9 aromatic carbocycles. The Morgan fingerprint density at radius 3 is 1.54 bits per heavy atom. The Balaban J connectivity index is 1.01. The molecule has 4 heteroatoms. The number of aromatic nitrogens is 3. The van der Waals surface area contributed by atoms with Crippen molar-refractivity contribution in [3.8, 4) is 67.5 Å². The van der Waals surface area contributed by atoms with Gasteiger partial charge in [-0.15, -0.1) is 11.3 Å². The van der Waals surface area contributed by atoms with E-state index >= 15 is 0 Å². The fraction of sp³-hybridized carbons (Fsp3) is 0. The average Bonchev–Trinajstić information content (AvgIpc) is 3.68. The third-order valence-corrected chi connectivity index (χ3v) is 12.2. The zero-order valence-corrected chi connectivity index (χ0v) is 31.6. The summed E-state index contributed by atoms with van der Waals surface area (Å²) in [5.74, 6) is 1.98. The fourth-order valence-electron chi connectivity index (χ4n) is 8.18. The summed E-state index contributed by atoms with van der Waals surface area (Å²) in [7, 11) is 0. The van der Waals surface area contributed by atoms with Crippen LogP contribution in [0.3, 0.4) is 0 Å². The first-order chi connectivity index (χ1) is 28.2. The Kier molecular flexibility index (Phi) is 8.01. The molecule has 57 heavy (non-hydrogen) atoms. The second-order valence-electron chi connectivity index (χ2n) is 14.3. The van der Waals surface area contributed by atoms with Crippen molar-refractivity contribution in [2.75, 3.05) is 0 Å². The molecule has 0 fully saturated rings. The quantitative estimate of drug-likeness (QED) is 0.159. The zero-order valence-electron chi connectivity index (χ0n) is 30.8. The van der Waals surface area contributed by atoms with Gasteiger partial charge < -0.3 is 0 Å². The summed E-state index contributed by atoms with van der Waals surface area (Å²) in [4.78, 5) is 15.3. The molecule has 0 spiro atoms. The minimum Gasteiger partial charge on any atom is -0.208 e. The van der Waals surface area contributed by atoms with Crippen LogP contribution in [0, 0.1) is 0 Å². The second-order valence-corrected chi connectivity index (χ2v) is 15.4. The van der Waals surface area contributed by atoms with E-state index in [1.54, 1.807) is 11.3 Å². The van der Waals surface area contributed by atoms with Crippen LogP contribution in [0.4, 0.5) is 0 Å². The van der Waals surface area contributed by atoms with Crippen LogP contribution in [0.15, 0.2) is 200 Å². The number of hydrogen-bond acceptors (Lipinski definition) is 4. The molecule has 11 aromatic rings. The number of hydrogen-bond donors (Lipinski definition) is 0. The van der Waals surface area contributed by atoms with Crippen LogP contribution in [0.1, 0.15) is 0 Å². The van der Waals surface area contributed by atoms with E-state index in [1.165, 1.54) is 69.5 Å². The Morgan fingerprint density at radius 2 is 0.789 bits per heavy atom. The molecule has 0 bridgehead atoms. The molecule has 0 atom stereocenters. The van der Waals surface area contributed by atoms with E-state index in [2.05, 4.69) is 182 Å². The molecule has 0 saturated carbocycles.